The zero-order valence-corrected chi connectivity index (χ0v) is 25.1. The topological polar surface area (TPSA) is 60.7 Å². The zero-order chi connectivity index (χ0) is 23.6. The lowest BCUT2D eigenvalue weighted by molar-refractivity contribution is -0.946. The van der Waals surface area contributed by atoms with Crippen molar-refractivity contribution in [2.45, 2.75) is 109 Å². The summed E-state index contributed by atoms with van der Waals surface area (Å²) in [5.74, 6) is 0. The van der Waals surface area contributed by atoms with Crippen LogP contribution in [0.4, 0.5) is 0 Å². The Morgan fingerprint density at radius 3 is 1.09 bits per heavy atom. The molecule has 0 aliphatic rings. The normalized spacial score (nSPS) is 12.4. The van der Waals surface area contributed by atoms with Crippen molar-refractivity contribution in [2.75, 3.05) is 54.4 Å². The van der Waals surface area contributed by atoms with Crippen molar-refractivity contribution in [3.63, 3.8) is 0 Å². The van der Waals surface area contributed by atoms with E-state index in [0.717, 1.165) is 28.6 Å². The van der Waals surface area contributed by atoms with E-state index >= 15 is 0 Å². The molecule has 0 fully saturated rings. The predicted molar refractivity (Wildman–Crippen MR) is 136 cm³/mol. The summed E-state index contributed by atoms with van der Waals surface area (Å²) < 4.78 is 1.92. The molecule has 8 heteroatoms. The van der Waals surface area contributed by atoms with E-state index in [1.165, 1.54) is 96.4 Å². The van der Waals surface area contributed by atoms with E-state index in [1.54, 1.807) is 0 Å². The van der Waals surface area contributed by atoms with Gasteiger partial charge in [-0.15, -0.1) is 0 Å². The van der Waals surface area contributed by atoms with Crippen LogP contribution in [-0.2, 0) is 0 Å². The molecule has 0 unspecified atom stereocenters. The van der Waals surface area contributed by atoms with Gasteiger partial charge in [-0.3, -0.25) is 0 Å². The molecule has 0 saturated carbocycles. The van der Waals surface area contributed by atoms with E-state index in [1.807, 2.05) is 0 Å². The maximum atomic E-state index is 9.17. The quantitative estimate of drug-likeness (QED) is 0.0945. The maximum Gasteiger partial charge on any atom is 0.492 e. The van der Waals surface area contributed by atoms with Crippen LogP contribution >= 0.6 is 0 Å². The summed E-state index contributed by atoms with van der Waals surface area (Å²) in [6.07, 6.45) is 20.4. The first kappa shape index (κ1) is 38.1. The Balaban J connectivity index is -0.00000450. The Hall–Kier alpha value is 0.597. The van der Waals surface area contributed by atoms with Crippen LogP contribution in [0.25, 0.3) is 0 Å². The van der Waals surface area contributed by atoms with Gasteiger partial charge < -0.3 is 48.2 Å². The van der Waals surface area contributed by atoms with Crippen LogP contribution in [0.15, 0.2) is 0 Å². The molecule has 0 aromatic carbocycles. The third-order valence-corrected chi connectivity index (χ3v) is 7.73. The highest BCUT2D eigenvalue weighted by molar-refractivity contribution is 6.56. The van der Waals surface area contributed by atoms with E-state index in [4.69, 9.17) is 14.4 Å². The molecule has 0 aliphatic heterocycles. The molecule has 0 atom stereocenters. The van der Waals surface area contributed by atoms with E-state index in [-0.39, 0.29) is 30.9 Å². The molecule has 0 aliphatic carbocycles. The van der Waals surface area contributed by atoms with Crippen molar-refractivity contribution in [2.24, 2.45) is 0 Å². The number of quaternary nitrogens is 2. The molecule has 0 spiro atoms. The third kappa shape index (κ3) is 28.7. The minimum Gasteiger partial charge on any atom is -1.00 e. The van der Waals surface area contributed by atoms with Crippen LogP contribution < -0.4 is 24.8 Å². The van der Waals surface area contributed by atoms with Crippen LogP contribution in [0.2, 0.25) is 6.04 Å². The monoisotopic (exact) mass is 532 g/mol. The van der Waals surface area contributed by atoms with Crippen LogP contribution in [0.1, 0.15) is 103 Å². The minimum absolute atomic E-state index is 0. The number of hydrogen-bond acceptors (Lipinski definition) is 3. The zero-order valence-electron chi connectivity index (χ0n) is 22.6. The van der Waals surface area contributed by atoms with Crippen molar-refractivity contribution in [3.05, 3.63) is 0 Å². The third-order valence-electron chi connectivity index (χ3n) is 6.70. The standard InChI is InChI=1S/C25H58N2O3Si.2ClH/c1-6-7-8-9-10-11-12-13-14-15-16-17-18-19-21-26(2,3)23-24-27(4,5)22-20-25-31(28,29)30;;/h28-30H,6-25H2,1-5H3;2*1H/q+2;;/p-2. The summed E-state index contributed by atoms with van der Waals surface area (Å²) in [5, 5.41) is 0. The number of halogens is 2. The lowest BCUT2D eigenvalue weighted by Gasteiger charge is -2.36. The van der Waals surface area contributed by atoms with Gasteiger partial charge in [-0.05, 0) is 12.8 Å². The highest BCUT2D eigenvalue weighted by atomic mass is 35.5. The Morgan fingerprint density at radius 2 is 0.758 bits per heavy atom. The number of likely N-dealkylation sites (N-methyl/N-ethyl adjacent to an activating group) is 2. The molecule has 5 nitrogen and oxygen atoms in total. The summed E-state index contributed by atoms with van der Waals surface area (Å²) in [6, 6.07) is 0.145. The fraction of sp³-hybridized carbons (Fsp3) is 1.00. The van der Waals surface area contributed by atoms with E-state index in [9.17, 15) is 0 Å². The first-order valence-corrected chi connectivity index (χ1v) is 15.3. The highest BCUT2D eigenvalue weighted by Gasteiger charge is 2.28. The van der Waals surface area contributed by atoms with Gasteiger partial charge in [-0.1, -0.05) is 84.0 Å². The van der Waals surface area contributed by atoms with Gasteiger partial charge in [0.05, 0.1) is 41.3 Å². The predicted octanol–water partition coefficient (Wildman–Crippen LogP) is -1.07. The van der Waals surface area contributed by atoms with E-state index in [0.29, 0.717) is 6.42 Å². The molecule has 0 rings (SSSR count). The highest BCUT2D eigenvalue weighted by Crippen LogP contribution is 2.14. The van der Waals surface area contributed by atoms with Crippen molar-refractivity contribution in [1.82, 2.24) is 0 Å². The van der Waals surface area contributed by atoms with Crippen molar-refractivity contribution >= 4 is 8.80 Å². The smallest absolute Gasteiger partial charge is 0.492 e. The molecule has 0 aromatic heterocycles. The summed E-state index contributed by atoms with van der Waals surface area (Å²) in [6.45, 7) is 6.59. The Bertz CT molecular complexity index is 423. The molecule has 0 radical (unpaired) electrons. The number of unbranched alkanes of at least 4 members (excludes halogenated alkanes) is 13. The largest absolute Gasteiger partial charge is 1.00 e. The van der Waals surface area contributed by atoms with Gasteiger partial charge in [0.2, 0.25) is 0 Å². The molecule has 0 bridgehead atoms. The maximum absolute atomic E-state index is 9.17. The van der Waals surface area contributed by atoms with Gasteiger partial charge >= 0.3 is 8.80 Å². The minimum atomic E-state index is -3.88. The average molecular weight is 534 g/mol. The van der Waals surface area contributed by atoms with Crippen LogP contribution in [0.5, 0.6) is 0 Å². The molecule has 204 valence electrons. The second-order valence-corrected chi connectivity index (χ2v) is 13.3. The molecular formula is C25H58Cl2N2O3Si. The van der Waals surface area contributed by atoms with E-state index < -0.39 is 8.80 Å². The molecule has 0 amide bonds. The molecule has 0 aromatic rings. The Kier molecular flexibility index (Phi) is 25.2. The first-order valence-electron chi connectivity index (χ1n) is 13.3. The van der Waals surface area contributed by atoms with Crippen LogP contribution in [-0.4, -0.2) is 86.5 Å². The van der Waals surface area contributed by atoms with Gasteiger partial charge in [0.15, 0.2) is 0 Å². The summed E-state index contributed by atoms with van der Waals surface area (Å²) >= 11 is 0. The lowest BCUT2D eigenvalue weighted by atomic mass is 10.0. The van der Waals surface area contributed by atoms with Gasteiger partial charge in [0.25, 0.3) is 0 Å². The molecule has 3 N–H and O–H groups in total. The van der Waals surface area contributed by atoms with Gasteiger partial charge in [0, 0.05) is 12.5 Å². The SMILES string of the molecule is CCCCCCCCCCCCCCCC[N+](C)(C)CC[N+](C)(C)CCC[Si](O)(O)O.[Cl-].[Cl-]. The van der Waals surface area contributed by atoms with Gasteiger partial charge in [-0.25, -0.2) is 0 Å². The van der Waals surface area contributed by atoms with Crippen molar-refractivity contribution in [3.8, 4) is 0 Å². The first-order chi connectivity index (χ1) is 14.5. The summed E-state index contributed by atoms with van der Waals surface area (Å²) in [4.78, 5) is 27.5. The molecule has 0 saturated heterocycles. The van der Waals surface area contributed by atoms with Crippen molar-refractivity contribution in [1.29, 1.82) is 0 Å². The Morgan fingerprint density at radius 1 is 0.455 bits per heavy atom. The van der Waals surface area contributed by atoms with Crippen LogP contribution in [0, 0.1) is 0 Å². The number of nitrogens with zero attached hydrogens (tertiary/aromatic N) is 2. The lowest BCUT2D eigenvalue weighted by Crippen LogP contribution is -3.00. The van der Waals surface area contributed by atoms with Crippen molar-refractivity contribution < 1.29 is 48.2 Å². The second kappa shape index (κ2) is 21.8. The number of rotatable bonds is 22. The second-order valence-electron chi connectivity index (χ2n) is 11.2. The molecule has 0 heterocycles. The molecular weight excluding hydrogens is 475 g/mol. The van der Waals surface area contributed by atoms with E-state index in [2.05, 4.69) is 35.1 Å². The summed E-state index contributed by atoms with van der Waals surface area (Å²) in [5.41, 5.74) is 0. The van der Waals surface area contributed by atoms with Crippen LogP contribution in [0.3, 0.4) is 0 Å². The molecule has 33 heavy (non-hydrogen) atoms. The fourth-order valence-corrected chi connectivity index (χ4v) is 4.88. The summed E-state index contributed by atoms with van der Waals surface area (Å²) in [7, 11) is 5.17. The van der Waals surface area contributed by atoms with Gasteiger partial charge in [0.1, 0.15) is 13.1 Å². The Labute approximate surface area is 220 Å². The average Bonchev–Trinajstić information content (AvgIpc) is 2.66. The fourth-order valence-electron chi connectivity index (χ4n) is 4.24. The van der Waals surface area contributed by atoms with Gasteiger partial charge in [-0.2, -0.15) is 0 Å². The number of hydrogen-bond donors (Lipinski definition) is 3.